The normalized spacial score (nSPS) is 13.0. The maximum absolute atomic E-state index is 15.0. The number of hydrogen-bond acceptors (Lipinski definition) is 6. The fourth-order valence-corrected chi connectivity index (χ4v) is 4.02. The van der Waals surface area contributed by atoms with Crippen molar-refractivity contribution in [1.82, 2.24) is 24.7 Å². The van der Waals surface area contributed by atoms with Gasteiger partial charge >= 0.3 is 12.4 Å². The molecule has 4 aromatic rings. The molecule has 0 fully saturated rings. The van der Waals surface area contributed by atoms with Crippen LogP contribution in [-0.2, 0) is 18.9 Å². The van der Waals surface area contributed by atoms with E-state index in [9.17, 15) is 44.7 Å². The number of halogens is 8. The Morgan fingerprint density at radius 1 is 1.00 bits per heavy atom. The van der Waals surface area contributed by atoms with Crippen molar-refractivity contribution in [1.29, 1.82) is 0 Å². The monoisotopic (exact) mass is 574 g/mol. The minimum Gasteiger partial charge on any atom is -0.381 e. The van der Waals surface area contributed by atoms with E-state index in [1.807, 2.05) is 0 Å². The Labute approximate surface area is 218 Å². The number of rotatable bonds is 7. The Morgan fingerprint density at radius 3 is 2.30 bits per heavy atom. The number of benzene rings is 1. The van der Waals surface area contributed by atoms with Crippen molar-refractivity contribution in [3.8, 4) is 11.4 Å². The number of aryl methyl sites for hydroxylation is 1. The van der Waals surface area contributed by atoms with Gasteiger partial charge in [-0.05, 0) is 37.3 Å². The summed E-state index contributed by atoms with van der Waals surface area (Å²) in [6.45, 7) is 1.54. The smallest absolute Gasteiger partial charge is 0.381 e. The van der Waals surface area contributed by atoms with Crippen LogP contribution in [0.15, 0.2) is 46.5 Å². The number of anilines is 1. The molecule has 0 amide bonds. The maximum atomic E-state index is 15.0. The van der Waals surface area contributed by atoms with Gasteiger partial charge in [0.25, 0.3) is 11.1 Å². The molecule has 3 aromatic heterocycles. The van der Waals surface area contributed by atoms with Gasteiger partial charge in [-0.3, -0.25) is 9.59 Å². The largest absolute Gasteiger partial charge is 0.423 e. The number of pyridine rings is 1. The standard InChI is InChI=1S/C24H18F8N6O2/c1-11(36-15-10-35-37-21(39)17(15)24(30,31)32)3-2-5-38-6-4-12-7-14(18(25)19(26)16(12)22(38)40)20-33-8-13(9-34-20)23(27,28)29/h4,6-11H,2-3,5H2,1H3,(H2,36,37,39). The molecule has 0 aliphatic heterocycles. The van der Waals surface area contributed by atoms with Gasteiger partial charge < -0.3 is 9.88 Å². The highest BCUT2D eigenvalue weighted by molar-refractivity contribution is 5.86. The zero-order valence-electron chi connectivity index (χ0n) is 20.3. The second-order valence-corrected chi connectivity index (χ2v) is 8.80. The van der Waals surface area contributed by atoms with Crippen LogP contribution in [0.2, 0.25) is 0 Å². The van der Waals surface area contributed by atoms with Gasteiger partial charge in [-0.15, -0.1) is 0 Å². The van der Waals surface area contributed by atoms with Gasteiger partial charge in [0.2, 0.25) is 0 Å². The molecule has 0 bridgehead atoms. The number of aromatic nitrogens is 5. The summed E-state index contributed by atoms with van der Waals surface area (Å²) in [5.74, 6) is -3.57. The zero-order valence-corrected chi connectivity index (χ0v) is 20.3. The lowest BCUT2D eigenvalue weighted by Gasteiger charge is -2.18. The van der Waals surface area contributed by atoms with Crippen LogP contribution >= 0.6 is 0 Å². The predicted molar refractivity (Wildman–Crippen MR) is 126 cm³/mol. The zero-order chi connectivity index (χ0) is 29.4. The van der Waals surface area contributed by atoms with Crippen molar-refractivity contribution in [3.63, 3.8) is 0 Å². The Bertz CT molecular complexity index is 1660. The Kier molecular flexibility index (Phi) is 7.63. The lowest BCUT2D eigenvalue weighted by Crippen LogP contribution is -2.27. The summed E-state index contributed by atoms with van der Waals surface area (Å²) in [5.41, 5.74) is -5.97. The van der Waals surface area contributed by atoms with E-state index in [4.69, 9.17) is 0 Å². The highest BCUT2D eigenvalue weighted by atomic mass is 19.4. The molecule has 0 aliphatic rings. The van der Waals surface area contributed by atoms with Gasteiger partial charge in [-0.25, -0.2) is 23.8 Å². The van der Waals surface area contributed by atoms with Crippen LogP contribution in [0.1, 0.15) is 30.9 Å². The predicted octanol–water partition coefficient (Wildman–Crippen LogP) is 5.14. The quantitative estimate of drug-likeness (QED) is 0.297. The first-order valence-electron chi connectivity index (χ1n) is 11.5. The first-order valence-corrected chi connectivity index (χ1v) is 11.5. The van der Waals surface area contributed by atoms with E-state index in [0.29, 0.717) is 12.4 Å². The van der Waals surface area contributed by atoms with Gasteiger partial charge in [0.05, 0.1) is 28.4 Å². The fraction of sp³-hybridized carbons (Fsp3) is 0.292. The molecule has 0 saturated heterocycles. The molecule has 8 nitrogen and oxygen atoms in total. The van der Waals surface area contributed by atoms with Crippen molar-refractivity contribution in [2.24, 2.45) is 0 Å². The van der Waals surface area contributed by atoms with Gasteiger partial charge in [0.15, 0.2) is 17.5 Å². The van der Waals surface area contributed by atoms with E-state index < -0.39 is 74.7 Å². The van der Waals surface area contributed by atoms with Crippen LogP contribution in [0.25, 0.3) is 22.2 Å². The van der Waals surface area contributed by atoms with Crippen molar-refractivity contribution < 1.29 is 35.1 Å². The molecule has 2 N–H and O–H groups in total. The van der Waals surface area contributed by atoms with E-state index >= 15 is 0 Å². The SMILES string of the molecule is CC(CCCn1ccc2cc(-c3ncc(C(F)(F)F)cn3)c(F)c(F)c2c1=O)Nc1cn[nH]c(=O)c1C(F)(F)F. The van der Waals surface area contributed by atoms with E-state index in [-0.39, 0.29) is 24.8 Å². The molecule has 16 heteroatoms. The molecular weight excluding hydrogens is 556 g/mol. The second kappa shape index (κ2) is 10.7. The molecule has 1 aromatic carbocycles. The van der Waals surface area contributed by atoms with Crippen molar-refractivity contribution in [3.05, 3.63) is 80.4 Å². The molecule has 1 unspecified atom stereocenters. The number of hydrogen-bond donors (Lipinski definition) is 2. The molecule has 0 radical (unpaired) electrons. The molecule has 212 valence electrons. The summed E-state index contributed by atoms with van der Waals surface area (Å²) in [7, 11) is 0. The van der Waals surface area contributed by atoms with Crippen LogP contribution in [0, 0.1) is 11.6 Å². The number of nitrogens with zero attached hydrogens (tertiary/aromatic N) is 4. The first-order chi connectivity index (χ1) is 18.7. The molecular formula is C24H18F8N6O2. The summed E-state index contributed by atoms with van der Waals surface area (Å²) in [6.07, 6.45) is -6.24. The summed E-state index contributed by atoms with van der Waals surface area (Å²) in [4.78, 5) is 31.4. The minimum absolute atomic E-state index is 0.00856. The second-order valence-electron chi connectivity index (χ2n) is 8.80. The van der Waals surface area contributed by atoms with E-state index in [2.05, 4.69) is 20.4 Å². The highest BCUT2D eigenvalue weighted by Crippen LogP contribution is 2.32. The van der Waals surface area contributed by atoms with E-state index in [1.165, 1.54) is 12.3 Å². The molecule has 0 aliphatic carbocycles. The fourth-order valence-electron chi connectivity index (χ4n) is 4.02. The highest BCUT2D eigenvalue weighted by Gasteiger charge is 2.37. The Morgan fingerprint density at radius 2 is 1.68 bits per heavy atom. The average molecular weight is 574 g/mol. The van der Waals surface area contributed by atoms with Crippen LogP contribution in [-0.4, -0.2) is 30.8 Å². The Balaban J connectivity index is 1.52. The van der Waals surface area contributed by atoms with Gasteiger partial charge in [0, 0.05) is 31.2 Å². The van der Waals surface area contributed by atoms with Crippen molar-refractivity contribution >= 4 is 16.5 Å². The lowest BCUT2D eigenvalue weighted by atomic mass is 10.1. The van der Waals surface area contributed by atoms with E-state index in [0.717, 1.165) is 16.8 Å². The van der Waals surface area contributed by atoms with Gasteiger partial charge in [-0.1, -0.05) is 0 Å². The summed E-state index contributed by atoms with van der Waals surface area (Å²) < 4.78 is 109. The molecule has 0 saturated carbocycles. The van der Waals surface area contributed by atoms with Crippen molar-refractivity contribution in [2.45, 2.75) is 44.7 Å². The third-order valence-corrected chi connectivity index (χ3v) is 5.94. The van der Waals surface area contributed by atoms with Crippen LogP contribution in [0.3, 0.4) is 0 Å². The average Bonchev–Trinajstić information content (AvgIpc) is 2.86. The third-order valence-electron chi connectivity index (χ3n) is 5.94. The van der Waals surface area contributed by atoms with Crippen LogP contribution in [0.5, 0.6) is 0 Å². The molecule has 0 spiro atoms. The number of nitrogens with one attached hydrogen (secondary N) is 2. The van der Waals surface area contributed by atoms with Crippen molar-refractivity contribution in [2.75, 3.05) is 5.32 Å². The minimum atomic E-state index is -4.92. The third kappa shape index (κ3) is 5.79. The molecule has 1 atom stereocenters. The number of aromatic amines is 1. The summed E-state index contributed by atoms with van der Waals surface area (Å²) in [5, 5.41) is 7.01. The Hall–Kier alpha value is -4.37. The maximum Gasteiger partial charge on any atom is 0.423 e. The summed E-state index contributed by atoms with van der Waals surface area (Å²) >= 11 is 0. The van der Waals surface area contributed by atoms with E-state index in [1.54, 1.807) is 12.0 Å². The number of H-pyrrole nitrogens is 1. The van der Waals surface area contributed by atoms with Gasteiger partial charge in [0.1, 0.15) is 5.56 Å². The van der Waals surface area contributed by atoms with Gasteiger partial charge in [-0.2, -0.15) is 31.4 Å². The topological polar surface area (TPSA) is 106 Å². The van der Waals surface area contributed by atoms with Crippen LogP contribution in [0.4, 0.5) is 40.8 Å². The number of fused-ring (bicyclic) bond motifs is 1. The molecule has 3 heterocycles. The first kappa shape index (κ1) is 28.6. The van der Waals surface area contributed by atoms with Crippen LogP contribution < -0.4 is 16.4 Å². The summed E-state index contributed by atoms with van der Waals surface area (Å²) in [6, 6.07) is 1.75. The lowest BCUT2D eigenvalue weighted by molar-refractivity contribution is -0.139. The molecule has 40 heavy (non-hydrogen) atoms. The number of alkyl halides is 6. The molecule has 4 rings (SSSR count).